The third-order valence-corrected chi connectivity index (χ3v) is 5.74. The van der Waals surface area contributed by atoms with Gasteiger partial charge in [-0.25, -0.2) is 0 Å². The molecular formula is C20H30N4O2. The summed E-state index contributed by atoms with van der Waals surface area (Å²) >= 11 is 0. The van der Waals surface area contributed by atoms with E-state index in [0.29, 0.717) is 23.2 Å². The highest BCUT2D eigenvalue weighted by Gasteiger charge is 2.29. The van der Waals surface area contributed by atoms with E-state index in [1.165, 1.54) is 25.9 Å². The van der Waals surface area contributed by atoms with Crippen LogP contribution in [0.5, 0.6) is 0 Å². The van der Waals surface area contributed by atoms with Crippen LogP contribution >= 0.6 is 0 Å². The summed E-state index contributed by atoms with van der Waals surface area (Å²) in [7, 11) is 0. The second-order valence-electron chi connectivity index (χ2n) is 7.63. The standard InChI is InChI=1S/C20H30N4O2/c1-15(2)22-8-6-18(7-9-22)23-10-12-24(13-11-23)20(26)17-5-3-4-16(14-17)19(21)25/h3-5,14-15,18H,6-13H2,1-2H3,(H2,21,25). The predicted molar refractivity (Wildman–Crippen MR) is 102 cm³/mol. The van der Waals surface area contributed by atoms with Crippen LogP contribution in [0.2, 0.25) is 0 Å². The van der Waals surface area contributed by atoms with Gasteiger partial charge >= 0.3 is 0 Å². The lowest BCUT2D eigenvalue weighted by atomic mass is 10.0. The molecule has 0 saturated carbocycles. The zero-order chi connectivity index (χ0) is 18.7. The number of amides is 2. The number of hydrogen-bond donors (Lipinski definition) is 1. The Bertz CT molecular complexity index is 645. The summed E-state index contributed by atoms with van der Waals surface area (Å²) < 4.78 is 0. The van der Waals surface area contributed by atoms with E-state index in [2.05, 4.69) is 23.6 Å². The van der Waals surface area contributed by atoms with Crippen molar-refractivity contribution in [1.29, 1.82) is 0 Å². The zero-order valence-electron chi connectivity index (χ0n) is 15.9. The van der Waals surface area contributed by atoms with Crippen molar-refractivity contribution in [2.24, 2.45) is 5.73 Å². The number of benzene rings is 1. The van der Waals surface area contributed by atoms with Crippen molar-refractivity contribution < 1.29 is 9.59 Å². The molecule has 0 spiro atoms. The van der Waals surface area contributed by atoms with Gasteiger partial charge in [-0.3, -0.25) is 14.5 Å². The molecule has 1 aromatic rings. The SMILES string of the molecule is CC(C)N1CCC(N2CCN(C(=O)c3cccc(C(N)=O)c3)CC2)CC1. The van der Waals surface area contributed by atoms with E-state index < -0.39 is 5.91 Å². The van der Waals surface area contributed by atoms with Gasteiger partial charge in [0, 0.05) is 49.4 Å². The van der Waals surface area contributed by atoms with Gasteiger partial charge in [-0.15, -0.1) is 0 Å². The van der Waals surface area contributed by atoms with E-state index in [-0.39, 0.29) is 5.91 Å². The average Bonchev–Trinajstić information content (AvgIpc) is 2.67. The summed E-state index contributed by atoms with van der Waals surface area (Å²) in [5, 5.41) is 0. The highest BCUT2D eigenvalue weighted by molar-refractivity contribution is 5.99. The number of rotatable bonds is 4. The maximum Gasteiger partial charge on any atom is 0.253 e. The molecule has 2 aliphatic heterocycles. The van der Waals surface area contributed by atoms with Gasteiger partial charge in [0.2, 0.25) is 5.91 Å². The molecule has 0 radical (unpaired) electrons. The zero-order valence-corrected chi connectivity index (χ0v) is 15.9. The molecule has 0 atom stereocenters. The molecule has 0 aromatic heterocycles. The summed E-state index contributed by atoms with van der Waals surface area (Å²) in [6, 6.07) is 7.97. The van der Waals surface area contributed by atoms with Gasteiger partial charge in [-0.05, 0) is 58.0 Å². The number of nitrogens with two attached hydrogens (primary N) is 1. The lowest BCUT2D eigenvalue weighted by molar-refractivity contribution is 0.0417. The minimum Gasteiger partial charge on any atom is -0.366 e. The van der Waals surface area contributed by atoms with Crippen molar-refractivity contribution in [2.75, 3.05) is 39.3 Å². The fourth-order valence-electron chi connectivity index (χ4n) is 4.05. The van der Waals surface area contributed by atoms with Crippen LogP contribution in [0.3, 0.4) is 0 Å². The van der Waals surface area contributed by atoms with Crippen LogP contribution in [0.15, 0.2) is 24.3 Å². The largest absolute Gasteiger partial charge is 0.366 e. The maximum atomic E-state index is 12.7. The molecule has 2 aliphatic rings. The van der Waals surface area contributed by atoms with Crippen LogP contribution in [0.25, 0.3) is 0 Å². The number of carbonyl (C=O) groups excluding carboxylic acids is 2. The predicted octanol–water partition coefficient (Wildman–Crippen LogP) is 1.42. The fraction of sp³-hybridized carbons (Fsp3) is 0.600. The number of nitrogens with zero attached hydrogens (tertiary/aromatic N) is 3. The summed E-state index contributed by atoms with van der Waals surface area (Å²) in [5.74, 6) is -0.514. The molecule has 2 amide bonds. The molecule has 2 saturated heterocycles. The van der Waals surface area contributed by atoms with Crippen molar-refractivity contribution in [2.45, 2.75) is 38.8 Å². The summed E-state index contributed by atoms with van der Waals surface area (Å²) in [6.07, 6.45) is 2.43. The van der Waals surface area contributed by atoms with Gasteiger partial charge in [-0.1, -0.05) is 6.07 Å². The summed E-state index contributed by atoms with van der Waals surface area (Å²) in [5.41, 5.74) is 6.24. The Kier molecular flexibility index (Phi) is 5.94. The first-order chi connectivity index (χ1) is 12.5. The molecule has 26 heavy (non-hydrogen) atoms. The first kappa shape index (κ1) is 18.9. The van der Waals surface area contributed by atoms with Gasteiger partial charge in [-0.2, -0.15) is 0 Å². The van der Waals surface area contributed by atoms with Gasteiger partial charge in [0.1, 0.15) is 0 Å². The quantitative estimate of drug-likeness (QED) is 0.884. The Labute approximate surface area is 155 Å². The molecule has 2 heterocycles. The van der Waals surface area contributed by atoms with E-state index in [1.807, 2.05) is 4.90 Å². The van der Waals surface area contributed by atoms with Crippen LogP contribution in [0.4, 0.5) is 0 Å². The minimum absolute atomic E-state index is 0.0117. The Morgan fingerprint density at radius 3 is 2.19 bits per heavy atom. The first-order valence-corrected chi connectivity index (χ1v) is 9.63. The van der Waals surface area contributed by atoms with Crippen molar-refractivity contribution in [3.8, 4) is 0 Å². The lowest BCUT2D eigenvalue weighted by Gasteiger charge is -2.43. The minimum atomic E-state index is -0.503. The molecule has 0 bridgehead atoms. The highest BCUT2D eigenvalue weighted by atomic mass is 16.2. The third kappa shape index (κ3) is 4.24. The first-order valence-electron chi connectivity index (χ1n) is 9.63. The van der Waals surface area contributed by atoms with Crippen molar-refractivity contribution in [3.63, 3.8) is 0 Å². The molecule has 2 N–H and O–H groups in total. The van der Waals surface area contributed by atoms with Crippen LogP contribution < -0.4 is 5.73 Å². The highest BCUT2D eigenvalue weighted by Crippen LogP contribution is 2.20. The summed E-state index contributed by atoms with van der Waals surface area (Å²) in [6.45, 7) is 10.2. The van der Waals surface area contributed by atoms with Crippen LogP contribution in [-0.4, -0.2) is 77.9 Å². The molecule has 0 aliphatic carbocycles. The second-order valence-corrected chi connectivity index (χ2v) is 7.63. The maximum absolute atomic E-state index is 12.7. The lowest BCUT2D eigenvalue weighted by Crippen LogP contribution is -2.54. The van der Waals surface area contributed by atoms with E-state index >= 15 is 0 Å². The van der Waals surface area contributed by atoms with Crippen molar-refractivity contribution in [1.82, 2.24) is 14.7 Å². The van der Waals surface area contributed by atoms with E-state index in [9.17, 15) is 9.59 Å². The molecule has 1 aromatic carbocycles. The van der Waals surface area contributed by atoms with Crippen molar-refractivity contribution >= 4 is 11.8 Å². The van der Waals surface area contributed by atoms with Crippen LogP contribution in [0, 0.1) is 0 Å². The summed E-state index contributed by atoms with van der Waals surface area (Å²) in [4.78, 5) is 31.0. The molecule has 142 valence electrons. The fourth-order valence-corrected chi connectivity index (χ4v) is 4.05. The smallest absolute Gasteiger partial charge is 0.253 e. The molecule has 3 rings (SSSR count). The Morgan fingerprint density at radius 1 is 1.00 bits per heavy atom. The number of primary amides is 1. The molecule has 6 heteroatoms. The monoisotopic (exact) mass is 358 g/mol. The van der Waals surface area contributed by atoms with Gasteiger partial charge in [0.05, 0.1) is 0 Å². The molecular weight excluding hydrogens is 328 g/mol. The molecule has 2 fully saturated rings. The number of carbonyl (C=O) groups is 2. The van der Waals surface area contributed by atoms with Gasteiger partial charge in [0.25, 0.3) is 5.91 Å². The van der Waals surface area contributed by atoms with E-state index in [0.717, 1.165) is 26.2 Å². The van der Waals surface area contributed by atoms with Gasteiger partial charge < -0.3 is 15.5 Å². The number of piperidine rings is 1. The van der Waals surface area contributed by atoms with Gasteiger partial charge in [0.15, 0.2) is 0 Å². The average molecular weight is 358 g/mol. The Balaban J connectivity index is 1.53. The van der Waals surface area contributed by atoms with Crippen LogP contribution in [-0.2, 0) is 0 Å². The number of hydrogen-bond acceptors (Lipinski definition) is 4. The normalized spacial score (nSPS) is 20.5. The molecule has 6 nitrogen and oxygen atoms in total. The number of likely N-dealkylation sites (tertiary alicyclic amines) is 1. The van der Waals surface area contributed by atoms with E-state index in [1.54, 1.807) is 24.3 Å². The Morgan fingerprint density at radius 2 is 1.62 bits per heavy atom. The van der Waals surface area contributed by atoms with Crippen LogP contribution in [0.1, 0.15) is 47.4 Å². The van der Waals surface area contributed by atoms with E-state index in [4.69, 9.17) is 5.73 Å². The number of piperazine rings is 1. The molecule has 0 unspecified atom stereocenters. The Hall–Kier alpha value is -1.92. The van der Waals surface area contributed by atoms with Crippen molar-refractivity contribution in [3.05, 3.63) is 35.4 Å². The topological polar surface area (TPSA) is 69.9 Å². The third-order valence-electron chi connectivity index (χ3n) is 5.74. The second kappa shape index (κ2) is 8.18.